The van der Waals surface area contributed by atoms with Crippen LogP contribution in [0.25, 0.3) is 0 Å². The molecule has 90 valence electrons. The van der Waals surface area contributed by atoms with Gasteiger partial charge in [-0.25, -0.2) is 0 Å². The molecule has 0 radical (unpaired) electrons. The summed E-state index contributed by atoms with van der Waals surface area (Å²) in [6, 6.07) is 8.13. The van der Waals surface area contributed by atoms with Crippen molar-refractivity contribution in [2.45, 2.75) is 42.2 Å². The molecule has 0 bridgehead atoms. The van der Waals surface area contributed by atoms with Crippen molar-refractivity contribution in [3.05, 3.63) is 29.8 Å². The topological polar surface area (TPSA) is 37.3 Å². The van der Waals surface area contributed by atoms with Gasteiger partial charge in [-0.1, -0.05) is 17.7 Å². The van der Waals surface area contributed by atoms with E-state index in [0.717, 1.165) is 17.7 Å². The Hall–Kier alpha value is -0.960. The Bertz CT molecular complexity index is 469. The van der Waals surface area contributed by atoms with Crippen molar-refractivity contribution in [2.24, 2.45) is 5.41 Å². The fraction of sp³-hybridized carbons (Fsp3) is 0.500. The largest absolute Gasteiger partial charge is 0.480 e. The highest BCUT2D eigenvalue weighted by Crippen LogP contribution is 2.69. The molecule has 1 aromatic carbocycles. The molecule has 1 spiro atoms. The zero-order chi connectivity index (χ0) is 12.1. The number of carboxylic acids is 1. The summed E-state index contributed by atoms with van der Waals surface area (Å²) in [5, 5.41) is 9.45. The molecule has 1 aromatic rings. The standard InChI is InChI=1S/C14H16O2S/c1-10-3-2-4-11(7-10)17-14(12(15)16)8-13(9-14)5-6-13/h2-4,7H,5-6,8-9H2,1H3,(H,15,16). The summed E-state index contributed by atoms with van der Waals surface area (Å²) >= 11 is 1.54. The summed E-state index contributed by atoms with van der Waals surface area (Å²) < 4.78 is -0.551. The minimum atomic E-state index is -0.637. The average Bonchev–Trinajstić information content (AvgIpc) is 2.96. The van der Waals surface area contributed by atoms with Crippen molar-refractivity contribution in [3.8, 4) is 0 Å². The lowest BCUT2D eigenvalue weighted by molar-refractivity contribution is -0.144. The van der Waals surface area contributed by atoms with Crippen LogP contribution in [0.15, 0.2) is 29.2 Å². The van der Waals surface area contributed by atoms with E-state index in [-0.39, 0.29) is 0 Å². The molecule has 0 aromatic heterocycles. The maximum atomic E-state index is 11.5. The van der Waals surface area contributed by atoms with Crippen LogP contribution in [0, 0.1) is 12.3 Å². The average molecular weight is 248 g/mol. The fourth-order valence-corrected chi connectivity index (χ4v) is 4.55. The number of carbonyl (C=O) groups is 1. The van der Waals surface area contributed by atoms with Crippen LogP contribution >= 0.6 is 11.8 Å². The summed E-state index contributed by atoms with van der Waals surface area (Å²) in [6.45, 7) is 2.04. The lowest BCUT2D eigenvalue weighted by Crippen LogP contribution is -2.48. The maximum absolute atomic E-state index is 11.5. The van der Waals surface area contributed by atoms with E-state index in [9.17, 15) is 9.90 Å². The molecule has 2 nitrogen and oxygen atoms in total. The van der Waals surface area contributed by atoms with Gasteiger partial charge in [0.15, 0.2) is 0 Å². The van der Waals surface area contributed by atoms with Crippen LogP contribution in [0.2, 0.25) is 0 Å². The third-order valence-corrected chi connectivity index (χ3v) is 5.31. The molecule has 2 fully saturated rings. The zero-order valence-electron chi connectivity index (χ0n) is 9.90. The van der Waals surface area contributed by atoms with Crippen LogP contribution in [0.1, 0.15) is 31.2 Å². The zero-order valence-corrected chi connectivity index (χ0v) is 10.7. The van der Waals surface area contributed by atoms with Gasteiger partial charge < -0.3 is 5.11 Å². The molecule has 2 aliphatic carbocycles. The molecule has 0 amide bonds. The Morgan fingerprint density at radius 3 is 2.59 bits per heavy atom. The highest BCUT2D eigenvalue weighted by atomic mass is 32.2. The molecule has 0 heterocycles. The first-order valence-corrected chi connectivity index (χ1v) is 6.85. The number of hydrogen-bond donors (Lipinski definition) is 1. The normalized spacial score (nSPS) is 23.1. The van der Waals surface area contributed by atoms with Crippen molar-refractivity contribution in [1.29, 1.82) is 0 Å². The Labute approximate surface area is 105 Å². The third kappa shape index (κ3) is 1.86. The minimum absolute atomic E-state index is 0.412. The first-order valence-electron chi connectivity index (χ1n) is 6.03. The van der Waals surface area contributed by atoms with Crippen LogP contribution in [-0.4, -0.2) is 15.8 Å². The molecule has 1 N–H and O–H groups in total. The molecular weight excluding hydrogens is 232 g/mol. The maximum Gasteiger partial charge on any atom is 0.320 e. The molecule has 0 aliphatic heterocycles. The van der Waals surface area contributed by atoms with Gasteiger partial charge in [-0.2, -0.15) is 0 Å². The van der Waals surface area contributed by atoms with Gasteiger partial charge in [0.1, 0.15) is 4.75 Å². The fourth-order valence-electron chi connectivity index (χ4n) is 2.86. The second kappa shape index (κ2) is 3.52. The molecule has 3 heteroatoms. The molecule has 0 unspecified atom stereocenters. The Kier molecular flexibility index (Phi) is 2.31. The summed E-state index contributed by atoms with van der Waals surface area (Å²) in [4.78, 5) is 12.6. The van der Waals surface area contributed by atoms with Gasteiger partial charge >= 0.3 is 5.97 Å². The lowest BCUT2D eigenvalue weighted by atomic mass is 9.71. The molecule has 2 aliphatic rings. The van der Waals surface area contributed by atoms with E-state index in [1.807, 2.05) is 25.1 Å². The van der Waals surface area contributed by atoms with E-state index >= 15 is 0 Å². The summed E-state index contributed by atoms with van der Waals surface area (Å²) in [5.74, 6) is -0.637. The van der Waals surface area contributed by atoms with E-state index in [4.69, 9.17) is 0 Å². The van der Waals surface area contributed by atoms with Gasteiger partial charge in [0.25, 0.3) is 0 Å². The van der Waals surface area contributed by atoms with Gasteiger partial charge in [0.2, 0.25) is 0 Å². The Morgan fingerprint density at radius 2 is 2.06 bits per heavy atom. The first-order chi connectivity index (χ1) is 8.04. The van der Waals surface area contributed by atoms with Crippen LogP contribution in [-0.2, 0) is 4.79 Å². The van der Waals surface area contributed by atoms with E-state index in [2.05, 4.69) is 6.07 Å². The smallest absolute Gasteiger partial charge is 0.320 e. The highest BCUT2D eigenvalue weighted by molar-refractivity contribution is 8.01. The van der Waals surface area contributed by atoms with Gasteiger partial charge in [-0.15, -0.1) is 11.8 Å². The number of benzene rings is 1. The predicted octanol–water partition coefficient (Wildman–Crippen LogP) is 3.48. The van der Waals surface area contributed by atoms with Crippen molar-refractivity contribution in [1.82, 2.24) is 0 Å². The van der Waals surface area contributed by atoms with E-state index in [1.165, 1.54) is 18.4 Å². The molecule has 0 atom stereocenters. The second-order valence-corrected chi connectivity index (χ2v) is 7.03. The molecule has 17 heavy (non-hydrogen) atoms. The number of carboxylic acid groups (broad SMARTS) is 1. The monoisotopic (exact) mass is 248 g/mol. The number of thioether (sulfide) groups is 1. The SMILES string of the molecule is Cc1cccc(SC2(C(=O)O)CC3(CC3)C2)c1. The third-order valence-electron chi connectivity index (χ3n) is 3.97. The summed E-state index contributed by atoms with van der Waals surface area (Å²) in [7, 11) is 0. The van der Waals surface area contributed by atoms with Gasteiger partial charge in [0, 0.05) is 4.90 Å². The second-order valence-electron chi connectivity index (χ2n) is 5.57. The van der Waals surface area contributed by atoms with Crippen LogP contribution in [0.3, 0.4) is 0 Å². The molecule has 0 saturated heterocycles. The Balaban J connectivity index is 1.80. The summed E-state index contributed by atoms with van der Waals surface area (Å²) in [5.41, 5.74) is 1.60. The highest BCUT2D eigenvalue weighted by Gasteiger charge is 2.64. The molecule has 3 rings (SSSR count). The van der Waals surface area contributed by atoms with Crippen LogP contribution in [0.4, 0.5) is 0 Å². The first kappa shape index (κ1) is 11.1. The van der Waals surface area contributed by atoms with Crippen LogP contribution < -0.4 is 0 Å². The van der Waals surface area contributed by atoms with E-state index < -0.39 is 10.7 Å². The van der Waals surface area contributed by atoms with Gasteiger partial charge in [0.05, 0.1) is 0 Å². The predicted molar refractivity (Wildman–Crippen MR) is 68.3 cm³/mol. The Morgan fingerprint density at radius 1 is 1.35 bits per heavy atom. The number of rotatable bonds is 3. The quantitative estimate of drug-likeness (QED) is 0.889. The number of aliphatic carboxylic acids is 1. The van der Waals surface area contributed by atoms with E-state index in [1.54, 1.807) is 11.8 Å². The lowest BCUT2D eigenvalue weighted by Gasteiger charge is -2.44. The number of hydrogen-bond acceptors (Lipinski definition) is 2. The van der Waals surface area contributed by atoms with Crippen molar-refractivity contribution < 1.29 is 9.90 Å². The van der Waals surface area contributed by atoms with Crippen LogP contribution in [0.5, 0.6) is 0 Å². The van der Waals surface area contributed by atoms with Crippen molar-refractivity contribution >= 4 is 17.7 Å². The van der Waals surface area contributed by atoms with Crippen molar-refractivity contribution in [3.63, 3.8) is 0 Å². The number of aryl methyl sites for hydroxylation is 1. The van der Waals surface area contributed by atoms with Gasteiger partial charge in [-0.05, 0) is 50.2 Å². The summed E-state index contributed by atoms with van der Waals surface area (Å²) in [6.07, 6.45) is 4.18. The van der Waals surface area contributed by atoms with E-state index in [0.29, 0.717) is 5.41 Å². The van der Waals surface area contributed by atoms with Crippen molar-refractivity contribution in [2.75, 3.05) is 0 Å². The van der Waals surface area contributed by atoms with Gasteiger partial charge in [-0.3, -0.25) is 4.79 Å². The molecular formula is C14H16O2S. The minimum Gasteiger partial charge on any atom is -0.480 e. The molecule has 2 saturated carbocycles.